The molecule has 0 spiro atoms. The number of nitrogens with zero attached hydrogens (tertiary/aromatic N) is 3. The first kappa shape index (κ1) is 13.1. The molecule has 1 aromatic heterocycles. The number of ether oxygens (including phenoxy) is 2. The van der Waals surface area contributed by atoms with Gasteiger partial charge in [-0.2, -0.15) is 5.26 Å². The molecule has 0 aliphatic carbocycles. The van der Waals surface area contributed by atoms with Gasteiger partial charge in [-0.25, -0.2) is 9.98 Å². The third-order valence-corrected chi connectivity index (χ3v) is 2.91. The quantitative estimate of drug-likeness (QED) is 0.805. The molecule has 1 aliphatic heterocycles. The molecule has 21 heavy (non-hydrogen) atoms. The van der Waals surface area contributed by atoms with Gasteiger partial charge in [0, 0.05) is 12.3 Å². The van der Waals surface area contributed by atoms with E-state index in [-0.39, 0.29) is 0 Å². The molecule has 3 rings (SSSR count). The standard InChI is InChI=1S/C16H13N3O2/c1-16(2)19-15(20-14-5-3-4-8-18-14)12-7-6-11(10-17)9-13(12)21-16/h3-9H,1-2H3. The van der Waals surface area contributed by atoms with Gasteiger partial charge >= 0.3 is 0 Å². The van der Waals surface area contributed by atoms with Gasteiger partial charge in [-0.3, -0.25) is 0 Å². The molecule has 0 N–H and O–H groups in total. The van der Waals surface area contributed by atoms with E-state index in [0.29, 0.717) is 28.7 Å². The third kappa shape index (κ3) is 2.70. The van der Waals surface area contributed by atoms with Gasteiger partial charge in [0.25, 0.3) is 0 Å². The van der Waals surface area contributed by atoms with Crippen molar-refractivity contribution >= 4 is 5.90 Å². The van der Waals surface area contributed by atoms with Crippen LogP contribution in [0, 0.1) is 11.3 Å². The average molecular weight is 279 g/mol. The molecule has 0 bridgehead atoms. The van der Waals surface area contributed by atoms with Crippen LogP contribution in [0.25, 0.3) is 0 Å². The first-order valence-corrected chi connectivity index (χ1v) is 6.50. The third-order valence-electron chi connectivity index (χ3n) is 2.91. The lowest BCUT2D eigenvalue weighted by atomic mass is 10.1. The van der Waals surface area contributed by atoms with Crippen LogP contribution < -0.4 is 9.47 Å². The summed E-state index contributed by atoms with van der Waals surface area (Å²) in [5, 5.41) is 8.99. The summed E-state index contributed by atoms with van der Waals surface area (Å²) in [6, 6.07) is 12.7. The second kappa shape index (κ2) is 4.91. The van der Waals surface area contributed by atoms with Crippen LogP contribution in [0.15, 0.2) is 47.6 Å². The molecule has 0 unspecified atom stereocenters. The van der Waals surface area contributed by atoms with E-state index in [1.165, 1.54) is 0 Å². The molecule has 2 aromatic rings. The van der Waals surface area contributed by atoms with Crippen LogP contribution in [-0.4, -0.2) is 16.6 Å². The van der Waals surface area contributed by atoms with Crippen LogP contribution in [0.3, 0.4) is 0 Å². The van der Waals surface area contributed by atoms with E-state index in [2.05, 4.69) is 16.0 Å². The molecule has 0 fully saturated rings. The maximum Gasteiger partial charge on any atom is 0.231 e. The molecule has 0 amide bonds. The van der Waals surface area contributed by atoms with E-state index >= 15 is 0 Å². The SMILES string of the molecule is CC1(C)N=C(Oc2ccccn2)c2ccc(C#N)cc2O1. The highest BCUT2D eigenvalue weighted by Crippen LogP contribution is 2.31. The Labute approximate surface area is 122 Å². The maximum absolute atomic E-state index is 8.99. The Balaban J connectivity index is 2.03. The fourth-order valence-corrected chi connectivity index (χ4v) is 2.03. The van der Waals surface area contributed by atoms with Gasteiger partial charge in [0.15, 0.2) is 5.72 Å². The first-order chi connectivity index (χ1) is 10.1. The Morgan fingerprint density at radius 2 is 2.10 bits per heavy atom. The Morgan fingerprint density at radius 3 is 2.81 bits per heavy atom. The summed E-state index contributed by atoms with van der Waals surface area (Å²) in [6.07, 6.45) is 1.65. The lowest BCUT2D eigenvalue weighted by Crippen LogP contribution is -2.34. The van der Waals surface area contributed by atoms with Crippen LogP contribution in [-0.2, 0) is 0 Å². The van der Waals surface area contributed by atoms with E-state index in [9.17, 15) is 0 Å². The Morgan fingerprint density at radius 1 is 1.24 bits per heavy atom. The van der Waals surface area contributed by atoms with Gasteiger partial charge in [0.2, 0.25) is 11.8 Å². The highest BCUT2D eigenvalue weighted by molar-refractivity contribution is 5.99. The number of aromatic nitrogens is 1. The molecular weight excluding hydrogens is 266 g/mol. The number of hydrogen-bond acceptors (Lipinski definition) is 5. The minimum absolute atomic E-state index is 0.435. The number of benzene rings is 1. The van der Waals surface area contributed by atoms with Crippen molar-refractivity contribution in [1.29, 1.82) is 5.26 Å². The fourth-order valence-electron chi connectivity index (χ4n) is 2.03. The summed E-state index contributed by atoms with van der Waals surface area (Å²) in [7, 11) is 0. The number of rotatable bonds is 1. The zero-order valence-corrected chi connectivity index (χ0v) is 11.7. The van der Waals surface area contributed by atoms with Crippen molar-refractivity contribution in [3.8, 4) is 17.7 Å². The van der Waals surface area contributed by atoms with Gasteiger partial charge in [0.05, 0.1) is 17.2 Å². The zero-order valence-electron chi connectivity index (χ0n) is 11.7. The van der Waals surface area contributed by atoms with Crippen LogP contribution in [0.2, 0.25) is 0 Å². The van der Waals surface area contributed by atoms with Crippen LogP contribution >= 0.6 is 0 Å². The van der Waals surface area contributed by atoms with Crippen molar-refractivity contribution in [2.75, 3.05) is 0 Å². The summed E-state index contributed by atoms with van der Waals surface area (Å²) >= 11 is 0. The predicted octanol–water partition coefficient (Wildman–Crippen LogP) is 2.91. The van der Waals surface area contributed by atoms with E-state index < -0.39 is 5.72 Å². The summed E-state index contributed by atoms with van der Waals surface area (Å²) in [4.78, 5) is 8.59. The van der Waals surface area contributed by atoms with Crippen molar-refractivity contribution < 1.29 is 9.47 Å². The van der Waals surface area contributed by atoms with E-state index in [0.717, 1.165) is 0 Å². The lowest BCUT2D eigenvalue weighted by Gasteiger charge is -2.29. The van der Waals surface area contributed by atoms with Crippen molar-refractivity contribution in [2.24, 2.45) is 4.99 Å². The monoisotopic (exact) mass is 279 g/mol. The molecule has 5 nitrogen and oxygen atoms in total. The highest BCUT2D eigenvalue weighted by atomic mass is 16.5. The van der Waals surface area contributed by atoms with Gasteiger partial charge in [-0.1, -0.05) is 6.07 Å². The summed E-state index contributed by atoms with van der Waals surface area (Å²) < 4.78 is 11.6. The van der Waals surface area contributed by atoms with Crippen LogP contribution in [0.5, 0.6) is 11.6 Å². The van der Waals surface area contributed by atoms with Gasteiger partial charge in [0.1, 0.15) is 5.75 Å². The summed E-state index contributed by atoms with van der Waals surface area (Å²) in [5.41, 5.74) is 0.480. The Hall–Kier alpha value is -2.87. The molecular formula is C16H13N3O2. The minimum Gasteiger partial charge on any atom is -0.466 e. The second-order valence-corrected chi connectivity index (χ2v) is 5.06. The second-order valence-electron chi connectivity index (χ2n) is 5.06. The van der Waals surface area contributed by atoms with Gasteiger partial charge in [-0.05, 0) is 38.1 Å². The Kier molecular flexibility index (Phi) is 3.07. The predicted molar refractivity (Wildman–Crippen MR) is 77.3 cm³/mol. The molecule has 0 saturated heterocycles. The topological polar surface area (TPSA) is 67.5 Å². The van der Waals surface area contributed by atoms with E-state index in [1.807, 2.05) is 26.0 Å². The number of pyridine rings is 1. The summed E-state index contributed by atoms with van der Waals surface area (Å²) in [5.74, 6) is 1.48. The van der Waals surface area contributed by atoms with Crippen molar-refractivity contribution in [3.63, 3.8) is 0 Å². The first-order valence-electron chi connectivity index (χ1n) is 6.50. The van der Waals surface area contributed by atoms with Crippen molar-refractivity contribution in [1.82, 2.24) is 4.98 Å². The van der Waals surface area contributed by atoms with Crippen molar-refractivity contribution in [3.05, 3.63) is 53.7 Å². The fraction of sp³-hybridized carbons (Fsp3) is 0.188. The van der Waals surface area contributed by atoms with Gasteiger partial charge < -0.3 is 9.47 Å². The van der Waals surface area contributed by atoms with E-state index in [4.69, 9.17) is 14.7 Å². The molecule has 2 heterocycles. The minimum atomic E-state index is -0.759. The molecule has 0 saturated carbocycles. The highest BCUT2D eigenvalue weighted by Gasteiger charge is 2.29. The average Bonchev–Trinajstić information content (AvgIpc) is 2.46. The maximum atomic E-state index is 8.99. The van der Waals surface area contributed by atoms with Crippen LogP contribution in [0.1, 0.15) is 25.0 Å². The number of fused-ring (bicyclic) bond motifs is 1. The number of hydrogen-bond donors (Lipinski definition) is 0. The normalized spacial score (nSPS) is 15.2. The lowest BCUT2D eigenvalue weighted by molar-refractivity contribution is 0.112. The molecule has 0 atom stereocenters. The largest absolute Gasteiger partial charge is 0.466 e. The smallest absolute Gasteiger partial charge is 0.231 e. The molecule has 104 valence electrons. The molecule has 0 radical (unpaired) electrons. The molecule has 5 heteroatoms. The zero-order chi connectivity index (χ0) is 14.9. The number of aliphatic imine (C=N–C) groups is 1. The van der Waals surface area contributed by atoms with Gasteiger partial charge in [-0.15, -0.1) is 0 Å². The number of nitriles is 1. The molecule has 1 aliphatic rings. The molecule has 1 aromatic carbocycles. The van der Waals surface area contributed by atoms with Crippen LogP contribution in [0.4, 0.5) is 0 Å². The van der Waals surface area contributed by atoms with E-state index in [1.54, 1.807) is 30.5 Å². The van der Waals surface area contributed by atoms with Crippen molar-refractivity contribution in [2.45, 2.75) is 19.6 Å². The summed E-state index contributed by atoms with van der Waals surface area (Å²) in [6.45, 7) is 3.66. The Bertz CT molecular complexity index is 746.